The van der Waals surface area contributed by atoms with Crippen molar-refractivity contribution in [3.8, 4) is 0 Å². The van der Waals surface area contributed by atoms with Gasteiger partial charge in [-0.15, -0.1) is 0 Å². The van der Waals surface area contributed by atoms with E-state index in [1.807, 2.05) is 7.05 Å². The number of hydrogen-bond donors (Lipinski definition) is 2. The number of nitrogens with zero attached hydrogens (tertiary/aromatic N) is 3. The Labute approximate surface area is 167 Å². The van der Waals surface area contributed by atoms with Crippen LogP contribution in [0.25, 0.3) is 0 Å². The Kier molecular flexibility index (Phi) is 7.62. The number of piperidine rings is 2. The van der Waals surface area contributed by atoms with Gasteiger partial charge in [0.1, 0.15) is 0 Å². The predicted molar refractivity (Wildman–Crippen MR) is 109 cm³/mol. The van der Waals surface area contributed by atoms with Crippen LogP contribution in [0, 0.1) is 17.6 Å². The maximum Gasteiger partial charge on any atom is 0.191 e. The predicted octanol–water partition coefficient (Wildman–Crippen LogP) is 2.44. The molecule has 1 aromatic carbocycles. The fourth-order valence-corrected chi connectivity index (χ4v) is 4.20. The van der Waals surface area contributed by atoms with Crippen molar-refractivity contribution in [3.05, 3.63) is 35.4 Å². The van der Waals surface area contributed by atoms with Crippen LogP contribution in [0.4, 0.5) is 8.78 Å². The van der Waals surface area contributed by atoms with Gasteiger partial charge < -0.3 is 15.5 Å². The van der Waals surface area contributed by atoms with Crippen LogP contribution in [0.5, 0.6) is 0 Å². The van der Waals surface area contributed by atoms with Gasteiger partial charge in [0, 0.05) is 45.8 Å². The molecule has 1 aromatic rings. The molecule has 0 aliphatic carbocycles. The fourth-order valence-electron chi connectivity index (χ4n) is 4.20. The van der Waals surface area contributed by atoms with Crippen LogP contribution in [0.1, 0.15) is 31.2 Å². The highest BCUT2D eigenvalue weighted by Gasteiger charge is 2.21. The van der Waals surface area contributed by atoms with Gasteiger partial charge in [-0.25, -0.2) is 8.78 Å². The van der Waals surface area contributed by atoms with Gasteiger partial charge in [0.15, 0.2) is 17.6 Å². The largest absolute Gasteiger partial charge is 0.356 e. The number of benzene rings is 1. The minimum absolute atomic E-state index is 0.390. The van der Waals surface area contributed by atoms with Gasteiger partial charge in [-0.05, 0) is 62.9 Å². The Morgan fingerprint density at radius 1 is 1.14 bits per heavy atom. The normalized spacial score (nSPS) is 23.0. The molecule has 0 aromatic heterocycles. The van der Waals surface area contributed by atoms with Gasteiger partial charge in [-0.3, -0.25) is 9.89 Å². The van der Waals surface area contributed by atoms with Gasteiger partial charge in [0.2, 0.25) is 0 Å². The van der Waals surface area contributed by atoms with E-state index in [0.717, 1.165) is 50.5 Å². The molecule has 156 valence electrons. The molecule has 2 N–H and O–H groups in total. The van der Waals surface area contributed by atoms with Crippen LogP contribution in [0.15, 0.2) is 23.2 Å². The highest BCUT2D eigenvalue weighted by Crippen LogP contribution is 2.16. The van der Waals surface area contributed by atoms with E-state index in [2.05, 4.69) is 32.5 Å². The van der Waals surface area contributed by atoms with E-state index < -0.39 is 11.6 Å². The molecule has 0 bridgehead atoms. The first-order valence-corrected chi connectivity index (χ1v) is 10.4. The third-order valence-corrected chi connectivity index (χ3v) is 5.82. The molecule has 1 atom stereocenters. The van der Waals surface area contributed by atoms with Crippen LogP contribution in [-0.4, -0.2) is 68.6 Å². The monoisotopic (exact) mass is 393 g/mol. The summed E-state index contributed by atoms with van der Waals surface area (Å²) in [6, 6.07) is 4.56. The van der Waals surface area contributed by atoms with E-state index in [1.165, 1.54) is 31.5 Å². The lowest BCUT2D eigenvalue weighted by Crippen LogP contribution is -2.50. The van der Waals surface area contributed by atoms with Crippen molar-refractivity contribution in [2.75, 3.05) is 46.8 Å². The molecule has 5 nitrogen and oxygen atoms in total. The molecule has 2 aliphatic heterocycles. The third-order valence-electron chi connectivity index (χ3n) is 5.82. The average Bonchev–Trinajstić information content (AvgIpc) is 2.69. The smallest absolute Gasteiger partial charge is 0.191 e. The Bertz CT molecular complexity index is 658. The van der Waals surface area contributed by atoms with Crippen LogP contribution in [-0.2, 0) is 6.54 Å². The highest BCUT2D eigenvalue weighted by molar-refractivity contribution is 5.79. The molecule has 2 heterocycles. The zero-order valence-corrected chi connectivity index (χ0v) is 17.1. The maximum absolute atomic E-state index is 13.4. The van der Waals surface area contributed by atoms with Gasteiger partial charge in [-0.1, -0.05) is 6.07 Å². The zero-order chi connectivity index (χ0) is 19.9. The molecule has 2 saturated heterocycles. The molecule has 1 unspecified atom stereocenters. The quantitative estimate of drug-likeness (QED) is 0.596. The Morgan fingerprint density at radius 3 is 2.61 bits per heavy atom. The zero-order valence-electron chi connectivity index (χ0n) is 17.1. The molecule has 2 fully saturated rings. The van der Waals surface area contributed by atoms with Gasteiger partial charge in [0.05, 0.1) is 0 Å². The second-order valence-electron chi connectivity index (χ2n) is 8.17. The lowest BCUT2D eigenvalue weighted by atomic mass is 9.98. The molecular formula is C21H33F2N5. The standard InChI is InChI=1S/C21H33F2N5/c1-24-21(25-13-17-4-3-9-27(2)14-17)26-18-7-10-28(11-8-18)15-16-5-6-19(22)20(23)12-16/h5-6,12,17-18H,3-4,7-11,13-15H2,1-2H3,(H2,24,25,26). The molecule has 2 aliphatic rings. The Hall–Kier alpha value is -1.73. The fraction of sp³-hybridized carbons (Fsp3) is 0.667. The molecule has 7 heteroatoms. The van der Waals surface area contributed by atoms with Crippen LogP contribution in [0.3, 0.4) is 0 Å². The summed E-state index contributed by atoms with van der Waals surface area (Å²) in [4.78, 5) is 9.07. The van der Waals surface area contributed by atoms with Crippen molar-refractivity contribution < 1.29 is 8.78 Å². The van der Waals surface area contributed by atoms with Gasteiger partial charge >= 0.3 is 0 Å². The summed E-state index contributed by atoms with van der Waals surface area (Å²) in [5.74, 6) is 0.000956. The first kappa shape index (κ1) is 21.0. The number of rotatable bonds is 5. The second-order valence-corrected chi connectivity index (χ2v) is 8.17. The Balaban J connectivity index is 1.39. The third kappa shape index (κ3) is 6.14. The molecule has 0 saturated carbocycles. The summed E-state index contributed by atoms with van der Waals surface area (Å²) >= 11 is 0. The second kappa shape index (κ2) is 10.2. The number of nitrogens with one attached hydrogen (secondary N) is 2. The lowest BCUT2D eigenvalue weighted by molar-refractivity contribution is 0.197. The first-order chi connectivity index (χ1) is 13.5. The lowest BCUT2D eigenvalue weighted by Gasteiger charge is -2.34. The highest BCUT2D eigenvalue weighted by atomic mass is 19.2. The van der Waals surface area contributed by atoms with Crippen LogP contribution < -0.4 is 10.6 Å². The van der Waals surface area contributed by atoms with Crippen molar-refractivity contribution in [2.24, 2.45) is 10.9 Å². The molecule has 0 spiro atoms. The van der Waals surface area contributed by atoms with E-state index >= 15 is 0 Å². The summed E-state index contributed by atoms with van der Waals surface area (Å²) < 4.78 is 26.4. The minimum atomic E-state index is -0.787. The number of guanidine groups is 1. The SMILES string of the molecule is CN=C(NCC1CCCN(C)C1)NC1CCN(Cc2ccc(F)c(F)c2)CC1. The minimum Gasteiger partial charge on any atom is -0.356 e. The summed E-state index contributed by atoms with van der Waals surface area (Å²) in [5, 5.41) is 7.04. The van der Waals surface area contributed by atoms with E-state index in [4.69, 9.17) is 0 Å². The number of halogens is 2. The summed E-state index contributed by atoms with van der Waals surface area (Å²) in [5.41, 5.74) is 0.820. The van der Waals surface area contributed by atoms with Crippen molar-refractivity contribution >= 4 is 5.96 Å². The van der Waals surface area contributed by atoms with Crippen LogP contribution in [0.2, 0.25) is 0 Å². The number of likely N-dealkylation sites (tertiary alicyclic amines) is 2. The average molecular weight is 394 g/mol. The van der Waals surface area contributed by atoms with E-state index in [1.54, 1.807) is 6.07 Å². The van der Waals surface area contributed by atoms with Crippen LogP contribution >= 0.6 is 0 Å². The molecule has 3 rings (SSSR count). The molecule has 0 amide bonds. The molecular weight excluding hydrogens is 360 g/mol. The van der Waals surface area contributed by atoms with Gasteiger partial charge in [0.25, 0.3) is 0 Å². The van der Waals surface area contributed by atoms with Crippen molar-refractivity contribution in [2.45, 2.75) is 38.3 Å². The van der Waals surface area contributed by atoms with Crippen molar-refractivity contribution in [1.82, 2.24) is 20.4 Å². The molecule has 0 radical (unpaired) electrons. The van der Waals surface area contributed by atoms with Crippen molar-refractivity contribution in [3.63, 3.8) is 0 Å². The van der Waals surface area contributed by atoms with Gasteiger partial charge in [-0.2, -0.15) is 0 Å². The topological polar surface area (TPSA) is 42.9 Å². The summed E-state index contributed by atoms with van der Waals surface area (Å²) in [7, 11) is 4.01. The maximum atomic E-state index is 13.4. The number of aliphatic imine (C=N–C) groups is 1. The number of hydrogen-bond acceptors (Lipinski definition) is 3. The van der Waals surface area contributed by atoms with E-state index in [9.17, 15) is 8.78 Å². The summed E-state index contributed by atoms with van der Waals surface area (Å²) in [6.07, 6.45) is 4.56. The molecule has 28 heavy (non-hydrogen) atoms. The first-order valence-electron chi connectivity index (χ1n) is 10.4. The van der Waals surface area contributed by atoms with E-state index in [-0.39, 0.29) is 0 Å². The summed E-state index contributed by atoms with van der Waals surface area (Å²) in [6.45, 7) is 5.83. The van der Waals surface area contributed by atoms with Crippen molar-refractivity contribution in [1.29, 1.82) is 0 Å². The Morgan fingerprint density at radius 2 is 1.93 bits per heavy atom. The van der Waals surface area contributed by atoms with E-state index in [0.29, 0.717) is 18.5 Å².